The number of aliphatic hydroxyl groups is 2. The van der Waals surface area contributed by atoms with Crippen LogP contribution in [0.5, 0.6) is 0 Å². The van der Waals surface area contributed by atoms with E-state index < -0.39 is 17.9 Å². The van der Waals surface area contributed by atoms with Crippen molar-refractivity contribution in [2.45, 2.75) is 11.9 Å². The van der Waals surface area contributed by atoms with Gasteiger partial charge in [-0.25, -0.2) is 4.79 Å². The Hall–Kier alpha value is -1.43. The number of ether oxygens (including phenoxy) is 1. The smallest absolute Gasteiger partial charge is 0.328 e. The molecule has 0 amide bonds. The minimum absolute atomic E-state index is 0.492. The Balaban J connectivity index is 2.80. The minimum Gasteiger partial charge on any atom is -0.478 e. The second kappa shape index (κ2) is 4.39. The summed E-state index contributed by atoms with van der Waals surface area (Å²) in [6.45, 7) is 0. The van der Waals surface area contributed by atoms with Gasteiger partial charge in [0.25, 0.3) is 0 Å². The van der Waals surface area contributed by atoms with Crippen LogP contribution in [0.3, 0.4) is 0 Å². The van der Waals surface area contributed by atoms with Crippen molar-refractivity contribution in [3.8, 4) is 0 Å². The SMILES string of the molecule is COC1(O)C=CC(/C=C/C(=O)O)=CC1O. The highest BCUT2D eigenvalue weighted by Gasteiger charge is 2.33. The maximum Gasteiger partial charge on any atom is 0.328 e. The fourth-order valence-electron chi connectivity index (χ4n) is 1.14. The number of allylic oxidation sites excluding steroid dienone is 3. The average Bonchev–Trinajstić information content (AvgIpc) is 2.20. The van der Waals surface area contributed by atoms with E-state index in [0.717, 1.165) is 6.08 Å². The normalized spacial score (nSPS) is 30.6. The Labute approximate surface area is 86.6 Å². The zero-order chi connectivity index (χ0) is 11.5. The zero-order valence-corrected chi connectivity index (χ0v) is 8.12. The Morgan fingerprint density at radius 3 is 2.80 bits per heavy atom. The first kappa shape index (κ1) is 11.6. The molecule has 1 rings (SSSR count). The molecule has 0 aromatic carbocycles. The van der Waals surface area contributed by atoms with Gasteiger partial charge in [-0.15, -0.1) is 0 Å². The second-order valence-corrected chi connectivity index (χ2v) is 3.07. The minimum atomic E-state index is -1.74. The molecular weight excluding hydrogens is 200 g/mol. The molecule has 15 heavy (non-hydrogen) atoms. The number of rotatable bonds is 3. The largest absolute Gasteiger partial charge is 0.478 e. The number of hydrogen-bond acceptors (Lipinski definition) is 4. The molecule has 1 aliphatic carbocycles. The Morgan fingerprint density at radius 2 is 2.33 bits per heavy atom. The van der Waals surface area contributed by atoms with Crippen molar-refractivity contribution in [1.82, 2.24) is 0 Å². The van der Waals surface area contributed by atoms with Crippen molar-refractivity contribution in [2.24, 2.45) is 0 Å². The first-order chi connectivity index (χ1) is 6.98. The van der Waals surface area contributed by atoms with Gasteiger partial charge in [0.2, 0.25) is 5.79 Å². The summed E-state index contributed by atoms with van der Waals surface area (Å²) in [7, 11) is 1.26. The molecule has 0 aromatic rings. The predicted molar refractivity (Wildman–Crippen MR) is 52.0 cm³/mol. The maximum absolute atomic E-state index is 10.2. The van der Waals surface area contributed by atoms with Gasteiger partial charge in [0.1, 0.15) is 6.10 Å². The first-order valence-corrected chi connectivity index (χ1v) is 4.25. The molecule has 5 nitrogen and oxygen atoms in total. The summed E-state index contributed by atoms with van der Waals surface area (Å²) < 4.78 is 4.70. The fraction of sp³-hybridized carbons (Fsp3) is 0.300. The third-order valence-electron chi connectivity index (χ3n) is 2.03. The van der Waals surface area contributed by atoms with E-state index in [4.69, 9.17) is 9.84 Å². The fourth-order valence-corrected chi connectivity index (χ4v) is 1.14. The zero-order valence-electron chi connectivity index (χ0n) is 8.12. The second-order valence-electron chi connectivity index (χ2n) is 3.07. The number of carboxylic acid groups (broad SMARTS) is 1. The molecule has 0 bridgehead atoms. The number of hydrogen-bond donors (Lipinski definition) is 3. The van der Waals surface area contributed by atoms with Gasteiger partial charge in [-0.3, -0.25) is 0 Å². The van der Waals surface area contributed by atoms with E-state index in [0.29, 0.717) is 5.57 Å². The highest BCUT2D eigenvalue weighted by Crippen LogP contribution is 2.22. The van der Waals surface area contributed by atoms with Crippen LogP contribution in [0, 0.1) is 0 Å². The summed E-state index contributed by atoms with van der Waals surface area (Å²) in [5.74, 6) is -2.81. The van der Waals surface area contributed by atoms with Gasteiger partial charge in [-0.05, 0) is 23.8 Å². The molecule has 82 valence electrons. The van der Waals surface area contributed by atoms with Gasteiger partial charge in [-0.2, -0.15) is 0 Å². The third-order valence-corrected chi connectivity index (χ3v) is 2.03. The topological polar surface area (TPSA) is 87.0 Å². The molecule has 0 radical (unpaired) electrons. The summed E-state index contributed by atoms with van der Waals surface area (Å²) in [4.78, 5) is 10.2. The van der Waals surface area contributed by atoms with Crippen LogP contribution in [-0.4, -0.2) is 40.3 Å². The van der Waals surface area contributed by atoms with Crippen LogP contribution in [0.1, 0.15) is 0 Å². The molecule has 1 aliphatic rings. The van der Waals surface area contributed by atoms with E-state index >= 15 is 0 Å². The Bertz CT molecular complexity index is 342. The molecule has 2 unspecified atom stereocenters. The molecule has 0 saturated carbocycles. The molecule has 2 atom stereocenters. The van der Waals surface area contributed by atoms with Crippen molar-refractivity contribution in [3.05, 3.63) is 36.0 Å². The molecule has 3 N–H and O–H groups in total. The summed E-state index contributed by atoms with van der Waals surface area (Å²) in [6.07, 6.45) is 5.08. The Kier molecular flexibility index (Phi) is 3.41. The van der Waals surface area contributed by atoms with E-state index in [9.17, 15) is 15.0 Å². The van der Waals surface area contributed by atoms with E-state index in [1.165, 1.54) is 31.4 Å². The van der Waals surface area contributed by atoms with E-state index in [1.807, 2.05) is 0 Å². The lowest BCUT2D eigenvalue weighted by Gasteiger charge is -2.29. The maximum atomic E-state index is 10.2. The van der Waals surface area contributed by atoms with Crippen LogP contribution in [-0.2, 0) is 9.53 Å². The summed E-state index contributed by atoms with van der Waals surface area (Å²) in [5.41, 5.74) is 0.492. The lowest BCUT2D eigenvalue weighted by Crippen LogP contribution is -2.42. The molecule has 0 saturated heterocycles. The van der Waals surface area contributed by atoms with Crippen LogP contribution in [0.15, 0.2) is 36.0 Å². The monoisotopic (exact) mass is 212 g/mol. The van der Waals surface area contributed by atoms with Crippen molar-refractivity contribution in [1.29, 1.82) is 0 Å². The quantitative estimate of drug-likeness (QED) is 0.446. The predicted octanol–water partition coefficient (Wildman–Crippen LogP) is -0.181. The van der Waals surface area contributed by atoms with Crippen LogP contribution < -0.4 is 0 Å². The summed E-state index contributed by atoms with van der Waals surface area (Å²) in [6, 6.07) is 0. The van der Waals surface area contributed by atoms with Gasteiger partial charge in [0.15, 0.2) is 0 Å². The van der Waals surface area contributed by atoms with Crippen molar-refractivity contribution >= 4 is 5.97 Å². The number of carbonyl (C=O) groups is 1. The lowest BCUT2D eigenvalue weighted by atomic mass is 9.99. The molecular formula is C10H12O5. The average molecular weight is 212 g/mol. The molecule has 0 spiro atoms. The standard InChI is InChI=1S/C10H12O5/c1-15-10(14)5-4-7(6-8(10)11)2-3-9(12)13/h2-6,8,11,14H,1H3,(H,12,13)/b3-2+. The van der Waals surface area contributed by atoms with Crippen molar-refractivity contribution in [3.63, 3.8) is 0 Å². The lowest BCUT2D eigenvalue weighted by molar-refractivity contribution is -0.195. The summed E-state index contributed by atoms with van der Waals surface area (Å²) in [5, 5.41) is 27.5. The van der Waals surface area contributed by atoms with E-state index in [1.54, 1.807) is 0 Å². The number of methoxy groups -OCH3 is 1. The van der Waals surface area contributed by atoms with E-state index in [2.05, 4.69) is 0 Å². The Morgan fingerprint density at radius 1 is 1.67 bits per heavy atom. The number of aliphatic hydroxyl groups excluding tert-OH is 1. The van der Waals surface area contributed by atoms with Crippen LogP contribution in [0.2, 0.25) is 0 Å². The molecule has 0 aromatic heterocycles. The van der Waals surface area contributed by atoms with E-state index in [-0.39, 0.29) is 0 Å². The molecule has 0 fully saturated rings. The highest BCUT2D eigenvalue weighted by molar-refractivity contribution is 5.80. The van der Waals surface area contributed by atoms with Crippen molar-refractivity contribution < 1.29 is 24.9 Å². The number of carboxylic acids is 1. The van der Waals surface area contributed by atoms with Gasteiger partial charge < -0.3 is 20.1 Å². The molecule has 0 aliphatic heterocycles. The van der Waals surface area contributed by atoms with Crippen molar-refractivity contribution in [2.75, 3.05) is 7.11 Å². The third kappa shape index (κ3) is 2.76. The van der Waals surface area contributed by atoms with Gasteiger partial charge in [-0.1, -0.05) is 6.08 Å². The summed E-state index contributed by atoms with van der Waals surface area (Å²) >= 11 is 0. The van der Waals surface area contributed by atoms with Crippen LogP contribution in [0.25, 0.3) is 0 Å². The molecule has 5 heteroatoms. The van der Waals surface area contributed by atoms with Gasteiger partial charge in [0, 0.05) is 13.2 Å². The van der Waals surface area contributed by atoms with Crippen LogP contribution >= 0.6 is 0 Å². The van der Waals surface area contributed by atoms with Crippen LogP contribution in [0.4, 0.5) is 0 Å². The van der Waals surface area contributed by atoms with Gasteiger partial charge >= 0.3 is 5.97 Å². The van der Waals surface area contributed by atoms with Gasteiger partial charge in [0.05, 0.1) is 0 Å². The molecule has 0 heterocycles. The highest BCUT2D eigenvalue weighted by atomic mass is 16.6. The first-order valence-electron chi connectivity index (χ1n) is 4.25. The number of aliphatic carboxylic acids is 1.